The van der Waals surface area contributed by atoms with Gasteiger partial charge in [0.05, 0.1) is 5.56 Å². The lowest BCUT2D eigenvalue weighted by Gasteiger charge is -2.10. The maximum absolute atomic E-state index is 11.7. The van der Waals surface area contributed by atoms with Gasteiger partial charge in [-0.2, -0.15) is 0 Å². The molecule has 20 heavy (non-hydrogen) atoms. The van der Waals surface area contributed by atoms with Crippen LogP contribution in [0.1, 0.15) is 22.8 Å². The van der Waals surface area contributed by atoms with Crippen LogP contribution in [0.4, 0.5) is 0 Å². The Morgan fingerprint density at radius 1 is 1.25 bits per heavy atom. The molecular formula is C15H25ClN2O2. The fourth-order valence-electron chi connectivity index (χ4n) is 1.62. The van der Waals surface area contributed by atoms with Crippen molar-refractivity contribution in [3.05, 3.63) is 35.4 Å². The molecule has 1 aromatic carbocycles. The molecule has 0 aliphatic heterocycles. The van der Waals surface area contributed by atoms with Gasteiger partial charge in [-0.15, -0.1) is 12.4 Å². The van der Waals surface area contributed by atoms with Gasteiger partial charge in [0.2, 0.25) is 0 Å². The highest BCUT2D eigenvalue weighted by Crippen LogP contribution is 2.06. The van der Waals surface area contributed by atoms with Gasteiger partial charge in [-0.05, 0) is 51.3 Å². The molecule has 4 nitrogen and oxygen atoms in total. The Morgan fingerprint density at radius 2 is 1.90 bits per heavy atom. The summed E-state index contributed by atoms with van der Waals surface area (Å²) in [5.41, 5.74) is 1.84. The monoisotopic (exact) mass is 300 g/mol. The molecule has 0 radical (unpaired) electrons. The maximum Gasteiger partial charge on any atom is 0.338 e. The highest BCUT2D eigenvalue weighted by molar-refractivity contribution is 5.89. The molecule has 5 heteroatoms. The summed E-state index contributed by atoms with van der Waals surface area (Å²) in [6.45, 7) is 5.20. The van der Waals surface area contributed by atoms with E-state index in [0.717, 1.165) is 26.1 Å². The summed E-state index contributed by atoms with van der Waals surface area (Å²) in [4.78, 5) is 13.7. The smallest absolute Gasteiger partial charge is 0.338 e. The summed E-state index contributed by atoms with van der Waals surface area (Å²) in [6.07, 6.45) is 0.976. The van der Waals surface area contributed by atoms with Crippen LogP contribution in [0.2, 0.25) is 0 Å². The lowest BCUT2D eigenvalue weighted by Crippen LogP contribution is -2.20. The fraction of sp³-hybridized carbons (Fsp3) is 0.533. The fourth-order valence-corrected chi connectivity index (χ4v) is 1.62. The molecule has 0 aliphatic carbocycles. The number of nitrogens with zero attached hydrogens (tertiary/aromatic N) is 1. The highest BCUT2D eigenvalue weighted by Gasteiger charge is 2.06. The van der Waals surface area contributed by atoms with E-state index in [1.165, 1.54) is 5.56 Å². The van der Waals surface area contributed by atoms with E-state index in [1.54, 1.807) is 0 Å². The second-order valence-corrected chi connectivity index (χ2v) is 4.74. The number of hydrogen-bond acceptors (Lipinski definition) is 4. The first kappa shape index (κ1) is 18.9. The maximum atomic E-state index is 11.7. The Labute approximate surface area is 127 Å². The standard InChI is InChI=1S/C15H24N2O2.ClH/c1-4-16-10-9-13-5-7-14(8-6-13)15(18)19-12-11-17(2)3;/h5-8,16H,4,9-12H2,1-3H3;1H. The lowest BCUT2D eigenvalue weighted by atomic mass is 10.1. The second kappa shape index (κ2) is 10.7. The van der Waals surface area contributed by atoms with E-state index < -0.39 is 0 Å². The highest BCUT2D eigenvalue weighted by atomic mass is 35.5. The van der Waals surface area contributed by atoms with Crippen LogP contribution >= 0.6 is 12.4 Å². The minimum Gasteiger partial charge on any atom is -0.461 e. The molecule has 1 aromatic rings. The number of benzene rings is 1. The number of nitrogens with one attached hydrogen (secondary N) is 1. The molecular weight excluding hydrogens is 276 g/mol. The zero-order chi connectivity index (χ0) is 14.1. The van der Waals surface area contributed by atoms with Crippen LogP contribution in [-0.4, -0.2) is 51.2 Å². The number of halogens is 1. The van der Waals surface area contributed by atoms with Gasteiger partial charge in [0.1, 0.15) is 6.61 Å². The molecule has 0 saturated heterocycles. The first-order valence-electron chi connectivity index (χ1n) is 6.75. The number of carbonyl (C=O) groups excluding carboxylic acids is 1. The van der Waals surface area contributed by atoms with Gasteiger partial charge in [-0.25, -0.2) is 4.79 Å². The molecule has 1 N–H and O–H groups in total. The second-order valence-electron chi connectivity index (χ2n) is 4.74. The van der Waals surface area contributed by atoms with Crippen molar-refractivity contribution in [2.24, 2.45) is 0 Å². The predicted octanol–water partition coefficient (Wildman–Crippen LogP) is 1.98. The number of rotatable bonds is 8. The molecule has 1 rings (SSSR count). The van der Waals surface area contributed by atoms with Gasteiger partial charge in [0.25, 0.3) is 0 Å². The molecule has 0 aliphatic rings. The van der Waals surface area contributed by atoms with Gasteiger partial charge < -0.3 is 15.0 Å². The minimum absolute atomic E-state index is 0. The van der Waals surface area contributed by atoms with E-state index in [9.17, 15) is 4.79 Å². The Morgan fingerprint density at radius 3 is 2.45 bits per heavy atom. The van der Waals surface area contributed by atoms with Gasteiger partial charge in [0.15, 0.2) is 0 Å². The van der Waals surface area contributed by atoms with Gasteiger partial charge in [-0.3, -0.25) is 0 Å². The molecule has 114 valence electrons. The van der Waals surface area contributed by atoms with Crippen molar-refractivity contribution in [3.63, 3.8) is 0 Å². The lowest BCUT2D eigenvalue weighted by molar-refractivity contribution is 0.0482. The van der Waals surface area contributed by atoms with Crippen LogP contribution in [0, 0.1) is 0 Å². The summed E-state index contributed by atoms with van der Waals surface area (Å²) < 4.78 is 5.18. The quantitative estimate of drug-likeness (QED) is 0.589. The van der Waals surface area contributed by atoms with Crippen LogP contribution in [0.25, 0.3) is 0 Å². The molecule has 0 saturated carbocycles. The van der Waals surface area contributed by atoms with Crippen molar-refractivity contribution < 1.29 is 9.53 Å². The third-order valence-corrected chi connectivity index (χ3v) is 2.80. The summed E-state index contributed by atoms with van der Waals surface area (Å²) in [6, 6.07) is 7.64. The van der Waals surface area contributed by atoms with Crippen molar-refractivity contribution in [3.8, 4) is 0 Å². The Balaban J connectivity index is 0.00000361. The number of ether oxygens (including phenoxy) is 1. The van der Waals surface area contributed by atoms with E-state index in [4.69, 9.17) is 4.74 Å². The molecule has 0 heterocycles. The number of esters is 1. The SMILES string of the molecule is CCNCCc1ccc(C(=O)OCCN(C)C)cc1.Cl. The average molecular weight is 301 g/mol. The topological polar surface area (TPSA) is 41.6 Å². The van der Waals surface area contributed by atoms with Crippen LogP contribution in [0.5, 0.6) is 0 Å². The largest absolute Gasteiger partial charge is 0.461 e. The van der Waals surface area contributed by atoms with Gasteiger partial charge in [-0.1, -0.05) is 19.1 Å². The van der Waals surface area contributed by atoms with Gasteiger partial charge in [0, 0.05) is 6.54 Å². The van der Waals surface area contributed by atoms with Crippen LogP contribution in [0.15, 0.2) is 24.3 Å². The normalized spacial score (nSPS) is 10.2. The Hall–Kier alpha value is -1.10. The first-order chi connectivity index (χ1) is 9.13. The van der Waals surface area contributed by atoms with Crippen molar-refractivity contribution >= 4 is 18.4 Å². The zero-order valence-corrected chi connectivity index (χ0v) is 13.3. The predicted molar refractivity (Wildman–Crippen MR) is 84.8 cm³/mol. The Kier molecular flexibility index (Phi) is 10.1. The first-order valence-corrected chi connectivity index (χ1v) is 6.75. The van der Waals surface area contributed by atoms with Gasteiger partial charge >= 0.3 is 5.97 Å². The molecule has 0 bridgehead atoms. The minimum atomic E-state index is -0.250. The van der Waals surface area contributed by atoms with E-state index in [0.29, 0.717) is 12.2 Å². The van der Waals surface area contributed by atoms with Crippen molar-refractivity contribution in [2.45, 2.75) is 13.3 Å². The van der Waals surface area contributed by atoms with Crippen molar-refractivity contribution in [1.29, 1.82) is 0 Å². The third-order valence-electron chi connectivity index (χ3n) is 2.80. The number of likely N-dealkylation sites (N-methyl/N-ethyl adjacent to an activating group) is 2. The summed E-state index contributed by atoms with van der Waals surface area (Å²) >= 11 is 0. The van der Waals surface area contributed by atoms with Crippen LogP contribution in [-0.2, 0) is 11.2 Å². The third kappa shape index (κ3) is 7.48. The van der Waals surface area contributed by atoms with E-state index >= 15 is 0 Å². The molecule has 0 unspecified atom stereocenters. The summed E-state index contributed by atoms with van der Waals surface area (Å²) in [7, 11) is 3.90. The van der Waals surface area contributed by atoms with E-state index in [-0.39, 0.29) is 18.4 Å². The van der Waals surface area contributed by atoms with E-state index in [2.05, 4.69) is 12.2 Å². The Bertz CT molecular complexity index is 380. The van der Waals surface area contributed by atoms with Crippen molar-refractivity contribution in [2.75, 3.05) is 40.3 Å². The molecule has 0 spiro atoms. The van der Waals surface area contributed by atoms with Crippen LogP contribution in [0.3, 0.4) is 0 Å². The molecule has 0 fully saturated rings. The van der Waals surface area contributed by atoms with E-state index in [1.807, 2.05) is 43.3 Å². The number of hydrogen-bond donors (Lipinski definition) is 1. The molecule has 0 aromatic heterocycles. The van der Waals surface area contributed by atoms with Crippen LogP contribution < -0.4 is 5.32 Å². The summed E-state index contributed by atoms with van der Waals surface area (Å²) in [5, 5.41) is 3.28. The summed E-state index contributed by atoms with van der Waals surface area (Å²) in [5.74, 6) is -0.250. The average Bonchev–Trinajstić information content (AvgIpc) is 2.39. The number of carbonyl (C=O) groups is 1. The molecule has 0 amide bonds. The zero-order valence-electron chi connectivity index (χ0n) is 12.5. The van der Waals surface area contributed by atoms with Crippen molar-refractivity contribution in [1.82, 2.24) is 10.2 Å². The molecule has 0 atom stereocenters.